The van der Waals surface area contributed by atoms with E-state index in [-0.39, 0.29) is 0 Å². The third-order valence-corrected chi connectivity index (χ3v) is 8.46. The van der Waals surface area contributed by atoms with Crippen LogP contribution in [0.3, 0.4) is 0 Å². The van der Waals surface area contributed by atoms with E-state index in [9.17, 15) is 0 Å². The van der Waals surface area contributed by atoms with E-state index >= 15 is 0 Å². The van der Waals surface area contributed by atoms with E-state index < -0.39 is 0 Å². The van der Waals surface area contributed by atoms with Crippen LogP contribution in [0.25, 0.3) is 0 Å². The van der Waals surface area contributed by atoms with Crippen LogP contribution in [0.1, 0.15) is 77.0 Å². The molecule has 0 heterocycles. The Kier molecular flexibility index (Phi) is 2.01. The molecular weight excluding hydrogens is 216 g/mol. The molecule has 0 aliphatic heterocycles. The van der Waals surface area contributed by atoms with Gasteiger partial charge in [-0.1, -0.05) is 25.7 Å². The van der Waals surface area contributed by atoms with Gasteiger partial charge >= 0.3 is 0 Å². The summed E-state index contributed by atoms with van der Waals surface area (Å²) in [5.74, 6) is 4.66. The second-order valence-corrected chi connectivity index (χ2v) is 8.64. The molecule has 7 aliphatic carbocycles. The van der Waals surface area contributed by atoms with Gasteiger partial charge in [0, 0.05) is 0 Å². The summed E-state index contributed by atoms with van der Waals surface area (Å²) in [4.78, 5) is 0. The monoisotopic (exact) mass is 244 g/mol. The van der Waals surface area contributed by atoms with Crippen LogP contribution < -0.4 is 0 Å². The molecule has 0 aromatic rings. The molecule has 100 valence electrons. The maximum Gasteiger partial charge on any atom is -0.0230 e. The lowest BCUT2D eigenvalue weighted by Gasteiger charge is -2.73. The predicted octanol–water partition coefficient (Wildman–Crippen LogP) is 5.17. The zero-order valence-corrected chi connectivity index (χ0v) is 11.8. The summed E-state index contributed by atoms with van der Waals surface area (Å²) >= 11 is 0. The fourth-order valence-electron chi connectivity index (χ4n) is 7.93. The van der Waals surface area contributed by atoms with Crippen molar-refractivity contribution in [2.75, 3.05) is 0 Å². The molecule has 2 spiro atoms. The third kappa shape index (κ3) is 1.07. The van der Waals surface area contributed by atoms with Crippen LogP contribution in [0.4, 0.5) is 0 Å². The Hall–Kier alpha value is 0. The molecule has 0 amide bonds. The minimum Gasteiger partial charge on any atom is -0.0525 e. The average Bonchev–Trinajstić information content (AvgIpc) is 2.86. The smallest absolute Gasteiger partial charge is 0.0230 e. The largest absolute Gasteiger partial charge is 0.0525 e. The molecule has 2 unspecified atom stereocenters. The van der Waals surface area contributed by atoms with Gasteiger partial charge in [0.2, 0.25) is 0 Å². The Morgan fingerprint density at radius 2 is 1.06 bits per heavy atom. The van der Waals surface area contributed by atoms with Crippen LogP contribution in [-0.4, -0.2) is 0 Å². The van der Waals surface area contributed by atoms with Crippen LogP contribution in [0.15, 0.2) is 0 Å². The van der Waals surface area contributed by atoms with Crippen LogP contribution in [0.2, 0.25) is 0 Å². The maximum atomic E-state index is 1.65. The summed E-state index contributed by atoms with van der Waals surface area (Å²) in [7, 11) is 0. The Morgan fingerprint density at radius 3 is 1.56 bits per heavy atom. The van der Waals surface area contributed by atoms with Gasteiger partial charge in [0.05, 0.1) is 0 Å². The van der Waals surface area contributed by atoms with E-state index in [1.165, 1.54) is 11.8 Å². The Balaban J connectivity index is 1.59. The Bertz CT molecular complexity index is 316. The van der Waals surface area contributed by atoms with E-state index in [1.807, 2.05) is 0 Å². The fraction of sp³-hybridized carbons (Fsp3) is 1.00. The summed E-state index contributed by atoms with van der Waals surface area (Å²) in [6.07, 6.45) is 19.4. The van der Waals surface area contributed by atoms with E-state index in [4.69, 9.17) is 0 Å². The molecule has 7 fully saturated rings. The first-order valence-corrected chi connectivity index (χ1v) is 8.83. The zero-order chi connectivity index (χ0) is 11.8. The van der Waals surface area contributed by atoms with Gasteiger partial charge in [-0.15, -0.1) is 0 Å². The number of fused-ring (bicyclic) bond motifs is 6. The molecule has 0 saturated heterocycles. The summed E-state index contributed by atoms with van der Waals surface area (Å²) in [5.41, 5.74) is 1.77. The summed E-state index contributed by atoms with van der Waals surface area (Å²) < 4.78 is 0. The van der Waals surface area contributed by atoms with Gasteiger partial charge in [0.1, 0.15) is 0 Å². The minimum absolute atomic E-state index is 0.885. The third-order valence-electron chi connectivity index (χ3n) is 8.46. The van der Waals surface area contributed by atoms with Crippen molar-refractivity contribution in [2.24, 2.45) is 34.5 Å². The lowest BCUT2D eigenvalue weighted by Crippen LogP contribution is -2.66. The number of hydrogen-bond acceptors (Lipinski definition) is 0. The van der Waals surface area contributed by atoms with Crippen molar-refractivity contribution in [1.29, 1.82) is 0 Å². The van der Waals surface area contributed by atoms with Gasteiger partial charge in [-0.2, -0.15) is 0 Å². The lowest BCUT2D eigenvalue weighted by molar-refractivity contribution is -0.249. The van der Waals surface area contributed by atoms with Gasteiger partial charge in [-0.25, -0.2) is 0 Å². The van der Waals surface area contributed by atoms with E-state index in [1.54, 1.807) is 77.0 Å². The van der Waals surface area contributed by atoms with Gasteiger partial charge < -0.3 is 0 Å². The van der Waals surface area contributed by atoms with Gasteiger partial charge in [0.15, 0.2) is 0 Å². The van der Waals surface area contributed by atoms with Crippen LogP contribution >= 0.6 is 0 Å². The highest BCUT2D eigenvalue weighted by Crippen LogP contribution is 2.79. The summed E-state index contributed by atoms with van der Waals surface area (Å²) in [5, 5.41) is 0. The molecular formula is C18H28. The van der Waals surface area contributed by atoms with E-state index in [0.717, 1.165) is 22.7 Å². The highest BCUT2D eigenvalue weighted by atomic mass is 14.8. The topological polar surface area (TPSA) is 0 Å². The molecule has 4 bridgehead atoms. The fourth-order valence-corrected chi connectivity index (χ4v) is 7.93. The Morgan fingerprint density at radius 1 is 0.556 bits per heavy atom. The highest BCUT2D eigenvalue weighted by Gasteiger charge is 2.71. The zero-order valence-electron chi connectivity index (χ0n) is 11.8. The molecule has 0 N–H and O–H groups in total. The summed E-state index contributed by atoms with van der Waals surface area (Å²) in [6.45, 7) is 0. The van der Waals surface area contributed by atoms with Gasteiger partial charge in [-0.05, 0) is 85.9 Å². The first kappa shape index (κ1) is 10.7. The first-order valence-electron chi connectivity index (χ1n) is 8.83. The van der Waals surface area contributed by atoms with Crippen molar-refractivity contribution in [1.82, 2.24) is 0 Å². The van der Waals surface area contributed by atoms with Crippen molar-refractivity contribution in [3.8, 4) is 0 Å². The standard InChI is InChI=1S/C18H28/c1-3-13-5-9-17(7-1)15(11-13)18-8-2-4-14(6-10-18)12-16(17)18/h13-16H,1-12H2. The molecule has 0 aromatic carbocycles. The number of rotatable bonds is 0. The van der Waals surface area contributed by atoms with Crippen molar-refractivity contribution < 1.29 is 0 Å². The number of hydrogen-bond donors (Lipinski definition) is 0. The van der Waals surface area contributed by atoms with Crippen LogP contribution in [0, 0.1) is 34.5 Å². The van der Waals surface area contributed by atoms with Crippen molar-refractivity contribution in [3.05, 3.63) is 0 Å². The second-order valence-electron chi connectivity index (χ2n) is 8.64. The quantitative estimate of drug-likeness (QED) is 0.551. The minimum atomic E-state index is 0.885. The molecule has 0 heteroatoms. The molecule has 18 heavy (non-hydrogen) atoms. The summed E-state index contributed by atoms with van der Waals surface area (Å²) in [6, 6.07) is 0. The molecule has 7 saturated carbocycles. The molecule has 0 nitrogen and oxygen atoms in total. The normalized spacial score (nSPS) is 61.3. The molecule has 7 rings (SSSR count). The molecule has 7 aliphatic rings. The van der Waals surface area contributed by atoms with Crippen LogP contribution in [-0.2, 0) is 0 Å². The lowest BCUT2D eigenvalue weighted by atomic mass is 9.31. The maximum absolute atomic E-state index is 1.65. The highest BCUT2D eigenvalue weighted by molar-refractivity contribution is 5.20. The van der Waals surface area contributed by atoms with Crippen molar-refractivity contribution >= 4 is 0 Å². The van der Waals surface area contributed by atoms with Crippen molar-refractivity contribution in [3.63, 3.8) is 0 Å². The molecule has 0 radical (unpaired) electrons. The molecule has 0 aromatic heterocycles. The van der Waals surface area contributed by atoms with E-state index in [2.05, 4.69) is 0 Å². The van der Waals surface area contributed by atoms with Crippen molar-refractivity contribution in [2.45, 2.75) is 77.0 Å². The van der Waals surface area contributed by atoms with Gasteiger partial charge in [-0.3, -0.25) is 0 Å². The van der Waals surface area contributed by atoms with Gasteiger partial charge in [0.25, 0.3) is 0 Å². The Labute approximate surface area is 112 Å². The SMILES string of the molecule is C1CC2CCC3(C1)C(C2)C12CCCC(CC1)CC32. The van der Waals surface area contributed by atoms with Crippen LogP contribution in [0.5, 0.6) is 0 Å². The first-order chi connectivity index (χ1) is 8.83. The molecule has 2 atom stereocenters. The predicted molar refractivity (Wildman–Crippen MR) is 74.2 cm³/mol. The van der Waals surface area contributed by atoms with E-state index in [0.29, 0.717) is 0 Å². The average molecular weight is 244 g/mol. The second kappa shape index (κ2) is 3.36.